The summed E-state index contributed by atoms with van der Waals surface area (Å²) in [5.74, 6) is 0.839. The van der Waals surface area contributed by atoms with E-state index in [1.807, 2.05) is 42.5 Å². The Labute approximate surface area is 137 Å². The van der Waals surface area contributed by atoms with E-state index in [2.05, 4.69) is 17.9 Å². The van der Waals surface area contributed by atoms with Crippen LogP contribution < -0.4 is 4.74 Å². The zero-order valence-corrected chi connectivity index (χ0v) is 13.5. The van der Waals surface area contributed by atoms with E-state index >= 15 is 0 Å². The van der Waals surface area contributed by atoms with Crippen molar-refractivity contribution >= 4 is 5.57 Å². The molecule has 1 aliphatic carbocycles. The normalized spacial score (nSPS) is 17.5. The summed E-state index contributed by atoms with van der Waals surface area (Å²) in [4.78, 5) is 0. The van der Waals surface area contributed by atoms with Crippen LogP contribution in [0.4, 0.5) is 0 Å². The zero-order valence-electron chi connectivity index (χ0n) is 13.5. The second kappa shape index (κ2) is 7.32. The molecule has 2 aromatic carbocycles. The maximum Gasteiger partial charge on any atom is 0.118 e. The number of hydrogen-bond acceptors (Lipinski definition) is 2. The molecule has 0 aromatic heterocycles. The first-order valence-corrected chi connectivity index (χ1v) is 8.15. The average Bonchev–Trinajstić information content (AvgIpc) is 2.62. The molecule has 0 spiro atoms. The van der Waals surface area contributed by atoms with E-state index in [1.54, 1.807) is 7.11 Å². The largest absolute Gasteiger partial charge is 0.497 e. The van der Waals surface area contributed by atoms with Crippen LogP contribution in [0.15, 0.2) is 65.9 Å². The minimum Gasteiger partial charge on any atom is -0.497 e. The molecule has 0 amide bonds. The fraction of sp³-hybridized carbons (Fsp3) is 0.286. The molecule has 1 aliphatic rings. The Morgan fingerprint density at radius 3 is 2.35 bits per heavy atom. The first kappa shape index (κ1) is 15.6. The predicted molar refractivity (Wildman–Crippen MR) is 93.4 cm³/mol. The summed E-state index contributed by atoms with van der Waals surface area (Å²) in [5.41, 5.74) is 7.77. The lowest BCUT2D eigenvalue weighted by Crippen LogP contribution is -2.14. The number of aliphatic hydroxyl groups excluding tert-OH is 1. The maximum absolute atomic E-state index is 10.3. The first-order chi connectivity index (χ1) is 11.3. The average molecular weight is 306 g/mol. The second-order valence-electron chi connectivity index (χ2n) is 5.88. The molecule has 2 nitrogen and oxygen atoms in total. The van der Waals surface area contributed by atoms with Gasteiger partial charge in [0.1, 0.15) is 5.75 Å². The van der Waals surface area contributed by atoms with E-state index in [4.69, 9.17) is 4.74 Å². The van der Waals surface area contributed by atoms with E-state index in [0.717, 1.165) is 53.7 Å². The lowest BCUT2D eigenvalue weighted by Gasteiger charge is -2.19. The molecule has 1 fully saturated rings. The van der Waals surface area contributed by atoms with Crippen LogP contribution in [0.1, 0.15) is 36.8 Å². The quantitative estimate of drug-likeness (QED) is 0.841. The van der Waals surface area contributed by atoms with Crippen LogP contribution in [0.25, 0.3) is 5.57 Å². The van der Waals surface area contributed by atoms with Gasteiger partial charge in [0.2, 0.25) is 0 Å². The molecule has 23 heavy (non-hydrogen) atoms. The molecule has 2 aromatic rings. The van der Waals surface area contributed by atoms with Crippen LogP contribution in [0, 0.1) is 0 Å². The van der Waals surface area contributed by atoms with Crippen molar-refractivity contribution in [1.29, 1.82) is 0 Å². The SMILES string of the molecule is COc1ccc(C(=C=C2CCCC[C@H]2O)c2ccccc2)cc1. The number of rotatable bonds is 3. The highest BCUT2D eigenvalue weighted by Crippen LogP contribution is 2.28. The molecular formula is C21H22O2. The van der Waals surface area contributed by atoms with Gasteiger partial charge in [0.15, 0.2) is 0 Å². The van der Waals surface area contributed by atoms with Gasteiger partial charge in [-0.1, -0.05) is 48.9 Å². The van der Waals surface area contributed by atoms with Gasteiger partial charge in [0.25, 0.3) is 0 Å². The van der Waals surface area contributed by atoms with E-state index in [9.17, 15) is 5.11 Å². The van der Waals surface area contributed by atoms with Crippen LogP contribution >= 0.6 is 0 Å². The van der Waals surface area contributed by atoms with Crippen LogP contribution in [0.2, 0.25) is 0 Å². The number of hydrogen-bond donors (Lipinski definition) is 1. The van der Waals surface area contributed by atoms with Gasteiger partial charge >= 0.3 is 0 Å². The summed E-state index contributed by atoms with van der Waals surface area (Å²) in [6.45, 7) is 0. The van der Waals surface area contributed by atoms with Crippen molar-refractivity contribution < 1.29 is 9.84 Å². The molecule has 1 saturated carbocycles. The van der Waals surface area contributed by atoms with Crippen LogP contribution in [-0.4, -0.2) is 18.3 Å². The van der Waals surface area contributed by atoms with Gasteiger partial charge in [0.05, 0.1) is 13.2 Å². The third-order valence-corrected chi connectivity index (χ3v) is 4.30. The minimum absolute atomic E-state index is 0.360. The van der Waals surface area contributed by atoms with Crippen molar-refractivity contribution in [2.45, 2.75) is 31.8 Å². The molecule has 2 heteroatoms. The number of benzene rings is 2. The molecule has 3 rings (SSSR count). The molecule has 0 saturated heterocycles. The van der Waals surface area contributed by atoms with Gasteiger partial charge in [-0.2, -0.15) is 0 Å². The molecule has 1 atom stereocenters. The highest BCUT2D eigenvalue weighted by atomic mass is 16.5. The smallest absolute Gasteiger partial charge is 0.118 e. The Balaban J connectivity index is 2.12. The van der Waals surface area contributed by atoms with Crippen molar-refractivity contribution in [3.8, 4) is 5.75 Å². The Hall–Kier alpha value is -2.28. The van der Waals surface area contributed by atoms with Gasteiger partial charge in [-0.05, 0) is 42.5 Å². The number of ether oxygens (including phenoxy) is 1. The molecule has 118 valence electrons. The topological polar surface area (TPSA) is 29.5 Å². The fourth-order valence-corrected chi connectivity index (χ4v) is 2.97. The van der Waals surface area contributed by atoms with Gasteiger partial charge in [-0.15, -0.1) is 5.73 Å². The Kier molecular flexibility index (Phi) is 4.97. The van der Waals surface area contributed by atoms with Crippen LogP contribution in [0.5, 0.6) is 5.75 Å². The molecular weight excluding hydrogens is 284 g/mol. The zero-order chi connectivity index (χ0) is 16.1. The minimum atomic E-state index is -0.360. The fourth-order valence-electron chi connectivity index (χ4n) is 2.97. The second-order valence-corrected chi connectivity index (χ2v) is 5.88. The van der Waals surface area contributed by atoms with Crippen molar-refractivity contribution in [3.63, 3.8) is 0 Å². The van der Waals surface area contributed by atoms with E-state index < -0.39 is 0 Å². The van der Waals surface area contributed by atoms with Gasteiger partial charge in [0, 0.05) is 11.1 Å². The Morgan fingerprint density at radius 2 is 1.70 bits per heavy atom. The third kappa shape index (κ3) is 3.73. The molecule has 1 N–H and O–H groups in total. The molecule has 0 aliphatic heterocycles. The van der Waals surface area contributed by atoms with Crippen molar-refractivity contribution in [2.24, 2.45) is 0 Å². The molecule has 0 bridgehead atoms. The summed E-state index contributed by atoms with van der Waals surface area (Å²) in [6, 6.07) is 18.3. The monoisotopic (exact) mass is 306 g/mol. The first-order valence-electron chi connectivity index (χ1n) is 8.15. The highest BCUT2D eigenvalue weighted by Gasteiger charge is 2.16. The lowest BCUT2D eigenvalue weighted by atomic mass is 9.90. The number of aliphatic hydroxyl groups is 1. The van der Waals surface area contributed by atoms with Crippen molar-refractivity contribution in [1.82, 2.24) is 0 Å². The molecule has 0 heterocycles. The highest BCUT2D eigenvalue weighted by molar-refractivity contribution is 5.79. The Morgan fingerprint density at radius 1 is 1.00 bits per heavy atom. The number of methoxy groups -OCH3 is 1. The van der Waals surface area contributed by atoms with Gasteiger partial charge in [-0.3, -0.25) is 0 Å². The van der Waals surface area contributed by atoms with Gasteiger partial charge in [-0.25, -0.2) is 0 Å². The summed E-state index contributed by atoms with van der Waals surface area (Å²) < 4.78 is 5.25. The summed E-state index contributed by atoms with van der Waals surface area (Å²) in [5, 5.41) is 10.3. The summed E-state index contributed by atoms with van der Waals surface area (Å²) in [6.07, 6.45) is 3.63. The molecule has 0 unspecified atom stereocenters. The van der Waals surface area contributed by atoms with E-state index in [-0.39, 0.29) is 6.10 Å². The van der Waals surface area contributed by atoms with E-state index in [1.165, 1.54) is 0 Å². The van der Waals surface area contributed by atoms with E-state index in [0.29, 0.717) is 0 Å². The maximum atomic E-state index is 10.3. The van der Waals surface area contributed by atoms with Crippen molar-refractivity contribution in [3.05, 3.63) is 77.0 Å². The van der Waals surface area contributed by atoms with Crippen LogP contribution in [-0.2, 0) is 0 Å². The standard InChI is InChI=1S/C21H22O2/c1-23-19-13-11-17(12-14-19)20(16-7-3-2-4-8-16)15-18-9-5-6-10-21(18)22/h2-4,7-8,11-14,21-22H,5-6,9-10H2,1H3/t15?,21-/m1/s1. The third-order valence-electron chi connectivity index (χ3n) is 4.30. The van der Waals surface area contributed by atoms with Crippen molar-refractivity contribution in [2.75, 3.05) is 7.11 Å². The van der Waals surface area contributed by atoms with Gasteiger partial charge < -0.3 is 9.84 Å². The lowest BCUT2D eigenvalue weighted by molar-refractivity contribution is 0.179. The molecule has 0 radical (unpaired) electrons. The predicted octanol–water partition coefficient (Wildman–Crippen LogP) is 4.59. The Bertz CT molecular complexity index is 707. The summed E-state index contributed by atoms with van der Waals surface area (Å²) >= 11 is 0. The van der Waals surface area contributed by atoms with Crippen LogP contribution in [0.3, 0.4) is 0 Å². The summed E-state index contributed by atoms with van der Waals surface area (Å²) in [7, 11) is 1.67.